The summed E-state index contributed by atoms with van der Waals surface area (Å²) in [5, 5.41) is 9.19. The smallest absolute Gasteiger partial charge is 0.335 e. The first-order valence-corrected chi connectivity index (χ1v) is 11.4. The summed E-state index contributed by atoms with van der Waals surface area (Å²) in [7, 11) is -7.48. The minimum absolute atomic E-state index is 0.0873. The molecule has 1 fully saturated rings. The topological polar surface area (TPSA) is 122 Å². The Kier molecular flexibility index (Phi) is 5.15. The zero-order chi connectivity index (χ0) is 19.8. The zero-order valence-electron chi connectivity index (χ0n) is 14.5. The van der Waals surface area contributed by atoms with Gasteiger partial charge in [-0.2, -0.15) is 4.31 Å². The van der Waals surface area contributed by atoms with Crippen molar-refractivity contribution in [2.75, 3.05) is 11.5 Å². The lowest BCUT2D eigenvalue weighted by Crippen LogP contribution is -2.40. The Bertz CT molecular complexity index is 1060. The monoisotopic (exact) mass is 413 g/mol. The van der Waals surface area contributed by atoms with Gasteiger partial charge in [-0.1, -0.05) is 6.07 Å². The highest BCUT2D eigenvalue weighted by atomic mass is 32.2. The van der Waals surface area contributed by atoms with Crippen LogP contribution < -0.4 is 0 Å². The second kappa shape index (κ2) is 7.10. The van der Waals surface area contributed by atoms with Crippen molar-refractivity contribution in [3.05, 3.63) is 53.5 Å². The third-order valence-corrected chi connectivity index (χ3v) is 8.32. The average molecular weight is 413 g/mol. The van der Waals surface area contributed by atoms with E-state index in [4.69, 9.17) is 4.42 Å². The molecule has 1 aromatic heterocycles. The van der Waals surface area contributed by atoms with Crippen molar-refractivity contribution >= 4 is 25.8 Å². The Morgan fingerprint density at radius 2 is 2.07 bits per heavy atom. The molecule has 2 aromatic rings. The van der Waals surface area contributed by atoms with Crippen LogP contribution in [0.1, 0.15) is 28.1 Å². The van der Waals surface area contributed by atoms with Gasteiger partial charge in [0, 0.05) is 6.04 Å². The molecule has 10 heteroatoms. The summed E-state index contributed by atoms with van der Waals surface area (Å²) >= 11 is 0. The molecule has 8 nitrogen and oxygen atoms in total. The Hall–Kier alpha value is -2.17. The highest BCUT2D eigenvalue weighted by Crippen LogP contribution is 2.29. The molecule has 1 saturated heterocycles. The van der Waals surface area contributed by atoms with Gasteiger partial charge in [0.25, 0.3) is 0 Å². The molecular weight excluding hydrogens is 394 g/mol. The van der Waals surface area contributed by atoms with Crippen LogP contribution in [0.25, 0.3) is 0 Å². The van der Waals surface area contributed by atoms with Crippen LogP contribution in [-0.2, 0) is 26.4 Å². The lowest BCUT2D eigenvalue weighted by Gasteiger charge is -2.27. The highest BCUT2D eigenvalue weighted by Gasteiger charge is 2.40. The number of carbonyl (C=O) groups is 1. The number of benzene rings is 1. The molecule has 0 amide bonds. The van der Waals surface area contributed by atoms with Crippen molar-refractivity contribution in [2.24, 2.45) is 0 Å². The highest BCUT2D eigenvalue weighted by molar-refractivity contribution is 7.92. The van der Waals surface area contributed by atoms with Gasteiger partial charge in [0.1, 0.15) is 5.76 Å². The number of aryl methyl sites for hydroxylation is 1. The van der Waals surface area contributed by atoms with E-state index in [2.05, 4.69) is 0 Å². The van der Waals surface area contributed by atoms with Gasteiger partial charge in [-0.15, -0.1) is 0 Å². The molecule has 1 aliphatic heterocycles. The molecule has 0 spiro atoms. The predicted molar refractivity (Wildman–Crippen MR) is 96.6 cm³/mol. The fourth-order valence-corrected chi connectivity index (χ4v) is 6.80. The maximum atomic E-state index is 13.3. The molecule has 2 heterocycles. The number of sulfonamides is 1. The maximum absolute atomic E-state index is 13.3. The lowest BCUT2D eigenvalue weighted by molar-refractivity contribution is 0.0696. The minimum atomic E-state index is -4.15. The van der Waals surface area contributed by atoms with E-state index < -0.39 is 31.9 Å². The summed E-state index contributed by atoms with van der Waals surface area (Å²) in [5.74, 6) is -1.23. The van der Waals surface area contributed by atoms with E-state index in [0.29, 0.717) is 11.3 Å². The van der Waals surface area contributed by atoms with Crippen LogP contribution in [0.2, 0.25) is 0 Å². The number of furan rings is 1. The number of hydrogen-bond acceptors (Lipinski definition) is 6. The van der Waals surface area contributed by atoms with Crippen LogP contribution >= 0.6 is 0 Å². The van der Waals surface area contributed by atoms with Crippen molar-refractivity contribution in [3.63, 3.8) is 0 Å². The molecular formula is C17H19NO7S2. The fraction of sp³-hybridized carbons (Fsp3) is 0.353. The minimum Gasteiger partial charge on any atom is -0.478 e. The van der Waals surface area contributed by atoms with Crippen LogP contribution in [0.3, 0.4) is 0 Å². The van der Waals surface area contributed by atoms with Crippen LogP contribution in [0.5, 0.6) is 0 Å². The van der Waals surface area contributed by atoms with E-state index in [-0.39, 0.29) is 34.9 Å². The lowest BCUT2D eigenvalue weighted by atomic mass is 10.1. The maximum Gasteiger partial charge on any atom is 0.335 e. The summed E-state index contributed by atoms with van der Waals surface area (Å²) in [6, 6.07) is 6.33. The van der Waals surface area contributed by atoms with Crippen molar-refractivity contribution in [1.82, 2.24) is 4.31 Å². The number of sulfone groups is 1. The van der Waals surface area contributed by atoms with Crippen molar-refractivity contribution in [3.8, 4) is 0 Å². The Labute approximate surface area is 157 Å². The normalized spacial score (nSPS) is 19.4. The first kappa shape index (κ1) is 19.6. The van der Waals surface area contributed by atoms with Gasteiger partial charge in [-0.3, -0.25) is 0 Å². The SMILES string of the molecule is Cc1ccc(C(=O)O)cc1S(=O)(=O)N(Cc1ccco1)[C@H]1CCS(=O)(=O)C1. The second-order valence-electron chi connectivity index (χ2n) is 6.47. The molecule has 0 bridgehead atoms. The standard InChI is InChI=1S/C17H19NO7S2/c1-12-4-5-13(17(19)20)9-16(12)27(23,24)18(10-15-3-2-7-25-15)14-6-8-26(21,22)11-14/h2-5,7,9,14H,6,8,10-11H2,1H3,(H,19,20)/t14-/m0/s1. The van der Waals surface area contributed by atoms with E-state index >= 15 is 0 Å². The molecule has 146 valence electrons. The van der Waals surface area contributed by atoms with E-state index in [0.717, 1.165) is 10.4 Å². The van der Waals surface area contributed by atoms with Crippen molar-refractivity contribution in [1.29, 1.82) is 0 Å². The number of nitrogens with zero attached hydrogens (tertiary/aromatic N) is 1. The van der Waals surface area contributed by atoms with E-state index in [9.17, 15) is 26.7 Å². The molecule has 1 atom stereocenters. The fourth-order valence-electron chi connectivity index (χ4n) is 3.11. The summed E-state index contributed by atoms with van der Waals surface area (Å²) in [6.45, 7) is 1.43. The van der Waals surface area contributed by atoms with Crippen LogP contribution in [0.4, 0.5) is 0 Å². The second-order valence-corrected chi connectivity index (χ2v) is 10.6. The van der Waals surface area contributed by atoms with Gasteiger partial charge < -0.3 is 9.52 Å². The number of rotatable bonds is 6. The quantitative estimate of drug-likeness (QED) is 0.764. The number of carboxylic acid groups (broad SMARTS) is 1. The van der Waals surface area contributed by atoms with Gasteiger partial charge in [-0.25, -0.2) is 21.6 Å². The first-order valence-electron chi connectivity index (χ1n) is 8.19. The van der Waals surface area contributed by atoms with E-state index in [1.165, 1.54) is 18.4 Å². The third kappa shape index (κ3) is 4.07. The number of carboxylic acids is 1. The number of hydrogen-bond donors (Lipinski definition) is 1. The van der Waals surface area contributed by atoms with Gasteiger partial charge in [0.05, 0.1) is 34.8 Å². The molecule has 0 saturated carbocycles. The van der Waals surface area contributed by atoms with Crippen LogP contribution in [0.15, 0.2) is 45.9 Å². The molecule has 1 aliphatic rings. The van der Waals surface area contributed by atoms with Crippen molar-refractivity contribution in [2.45, 2.75) is 30.8 Å². The average Bonchev–Trinajstić information content (AvgIpc) is 3.21. The summed E-state index contributed by atoms with van der Waals surface area (Å²) in [4.78, 5) is 11.1. The zero-order valence-corrected chi connectivity index (χ0v) is 16.2. The molecule has 3 rings (SSSR count). The van der Waals surface area contributed by atoms with Gasteiger partial charge in [-0.05, 0) is 43.2 Å². The molecule has 1 aromatic carbocycles. The first-order chi connectivity index (χ1) is 12.6. The molecule has 1 N–H and O–H groups in total. The Morgan fingerprint density at radius 3 is 2.63 bits per heavy atom. The molecule has 27 heavy (non-hydrogen) atoms. The van der Waals surface area contributed by atoms with Crippen LogP contribution in [0, 0.1) is 6.92 Å². The summed E-state index contributed by atoms with van der Waals surface area (Å²) in [6.07, 6.45) is 1.59. The van der Waals surface area contributed by atoms with Gasteiger partial charge >= 0.3 is 5.97 Å². The van der Waals surface area contributed by atoms with E-state index in [1.54, 1.807) is 19.1 Å². The van der Waals surface area contributed by atoms with Gasteiger partial charge in [0.15, 0.2) is 9.84 Å². The molecule has 0 radical (unpaired) electrons. The third-order valence-electron chi connectivity index (χ3n) is 4.53. The van der Waals surface area contributed by atoms with Gasteiger partial charge in [0.2, 0.25) is 10.0 Å². The molecule has 0 aliphatic carbocycles. The number of aromatic carboxylic acids is 1. The van der Waals surface area contributed by atoms with Crippen molar-refractivity contribution < 1.29 is 31.2 Å². The van der Waals surface area contributed by atoms with E-state index in [1.807, 2.05) is 0 Å². The molecule has 0 unspecified atom stereocenters. The van der Waals surface area contributed by atoms with Crippen LogP contribution in [-0.4, -0.2) is 49.8 Å². The summed E-state index contributed by atoms with van der Waals surface area (Å²) < 4.78 is 56.8. The predicted octanol–water partition coefficient (Wildman–Crippen LogP) is 1.66. The summed E-state index contributed by atoms with van der Waals surface area (Å²) in [5.41, 5.74) is 0.224. The largest absolute Gasteiger partial charge is 0.478 e. The Morgan fingerprint density at radius 1 is 1.33 bits per heavy atom. The Balaban J connectivity index is 2.07.